The summed E-state index contributed by atoms with van der Waals surface area (Å²) in [6.07, 6.45) is 4.59. The van der Waals surface area contributed by atoms with E-state index in [9.17, 15) is 4.39 Å². The van der Waals surface area contributed by atoms with Crippen LogP contribution in [0.25, 0.3) is 0 Å². The Hall–Kier alpha value is -2.17. The number of aromatic nitrogens is 2. The van der Waals surface area contributed by atoms with E-state index in [2.05, 4.69) is 26.3 Å². The Morgan fingerprint density at radius 2 is 1.83 bits per heavy atom. The molecule has 1 saturated heterocycles. The lowest BCUT2D eigenvalue weighted by molar-refractivity contribution is 0.573. The highest BCUT2D eigenvalue weighted by Crippen LogP contribution is 2.19. The van der Waals surface area contributed by atoms with E-state index in [4.69, 9.17) is 0 Å². The van der Waals surface area contributed by atoms with Gasteiger partial charge in [-0.1, -0.05) is 12.1 Å². The van der Waals surface area contributed by atoms with Gasteiger partial charge in [0, 0.05) is 31.4 Å². The first kappa shape index (κ1) is 15.7. The van der Waals surface area contributed by atoms with E-state index in [0.717, 1.165) is 43.1 Å². The molecular weight excluding hydrogens is 291 g/mol. The van der Waals surface area contributed by atoms with Crippen LogP contribution in [0.15, 0.2) is 30.3 Å². The van der Waals surface area contributed by atoms with Crippen molar-refractivity contribution in [2.24, 2.45) is 0 Å². The van der Waals surface area contributed by atoms with E-state index in [1.165, 1.54) is 31.4 Å². The Kier molecular flexibility index (Phi) is 5.05. The number of piperidine rings is 1. The van der Waals surface area contributed by atoms with Crippen LogP contribution in [0.4, 0.5) is 16.2 Å². The molecule has 0 amide bonds. The third kappa shape index (κ3) is 4.41. The molecule has 5 heteroatoms. The monoisotopic (exact) mass is 314 g/mol. The molecule has 0 bridgehead atoms. The summed E-state index contributed by atoms with van der Waals surface area (Å²) in [7, 11) is 0. The van der Waals surface area contributed by atoms with Crippen molar-refractivity contribution in [3.63, 3.8) is 0 Å². The highest BCUT2D eigenvalue weighted by Gasteiger charge is 2.13. The molecule has 2 heterocycles. The summed E-state index contributed by atoms with van der Waals surface area (Å²) >= 11 is 0. The van der Waals surface area contributed by atoms with E-state index in [1.54, 1.807) is 0 Å². The van der Waals surface area contributed by atoms with Crippen molar-refractivity contribution in [3.8, 4) is 0 Å². The predicted octanol–water partition coefficient (Wildman–Crippen LogP) is 3.57. The van der Waals surface area contributed by atoms with Gasteiger partial charge in [-0.15, -0.1) is 0 Å². The van der Waals surface area contributed by atoms with Crippen molar-refractivity contribution < 1.29 is 4.39 Å². The van der Waals surface area contributed by atoms with E-state index in [-0.39, 0.29) is 5.82 Å². The number of aryl methyl sites for hydroxylation is 1. The maximum absolute atomic E-state index is 12.9. The molecule has 0 radical (unpaired) electrons. The summed E-state index contributed by atoms with van der Waals surface area (Å²) in [6, 6.07) is 8.66. The van der Waals surface area contributed by atoms with Crippen LogP contribution in [-0.2, 0) is 6.42 Å². The Bertz CT molecular complexity index is 636. The number of hydrogen-bond donors (Lipinski definition) is 1. The number of hydrogen-bond acceptors (Lipinski definition) is 4. The lowest BCUT2D eigenvalue weighted by Crippen LogP contribution is -2.30. The third-order valence-corrected chi connectivity index (χ3v) is 4.13. The first-order valence-electron chi connectivity index (χ1n) is 8.30. The van der Waals surface area contributed by atoms with E-state index in [0.29, 0.717) is 5.95 Å². The van der Waals surface area contributed by atoms with Crippen molar-refractivity contribution in [3.05, 3.63) is 47.4 Å². The van der Waals surface area contributed by atoms with Crippen LogP contribution >= 0.6 is 0 Å². The smallest absolute Gasteiger partial charge is 0.224 e. The molecule has 4 nitrogen and oxygen atoms in total. The van der Waals surface area contributed by atoms with Crippen LogP contribution in [0, 0.1) is 12.7 Å². The summed E-state index contributed by atoms with van der Waals surface area (Å²) in [5, 5.41) is 3.29. The van der Waals surface area contributed by atoms with Gasteiger partial charge in [0.1, 0.15) is 11.6 Å². The Labute approximate surface area is 136 Å². The molecule has 1 aromatic heterocycles. The van der Waals surface area contributed by atoms with Gasteiger partial charge in [-0.05, 0) is 50.3 Å². The molecule has 1 fully saturated rings. The average Bonchev–Trinajstić information content (AvgIpc) is 2.57. The second-order valence-electron chi connectivity index (χ2n) is 6.04. The Balaban J connectivity index is 1.60. The fourth-order valence-electron chi connectivity index (χ4n) is 2.89. The van der Waals surface area contributed by atoms with Crippen LogP contribution in [0.1, 0.15) is 30.5 Å². The summed E-state index contributed by atoms with van der Waals surface area (Å²) < 4.78 is 12.9. The number of nitrogens with zero attached hydrogens (tertiary/aromatic N) is 3. The van der Waals surface area contributed by atoms with E-state index < -0.39 is 0 Å². The fourth-order valence-corrected chi connectivity index (χ4v) is 2.89. The van der Waals surface area contributed by atoms with Crippen molar-refractivity contribution in [2.75, 3.05) is 29.9 Å². The van der Waals surface area contributed by atoms with Crippen LogP contribution in [0.5, 0.6) is 0 Å². The third-order valence-electron chi connectivity index (χ3n) is 4.13. The van der Waals surface area contributed by atoms with Gasteiger partial charge >= 0.3 is 0 Å². The molecule has 1 aliphatic heterocycles. The zero-order valence-corrected chi connectivity index (χ0v) is 13.6. The summed E-state index contributed by atoms with van der Waals surface area (Å²) in [5.41, 5.74) is 2.08. The zero-order chi connectivity index (χ0) is 16.1. The van der Waals surface area contributed by atoms with E-state index >= 15 is 0 Å². The van der Waals surface area contributed by atoms with Gasteiger partial charge in [0.2, 0.25) is 5.95 Å². The highest BCUT2D eigenvalue weighted by atomic mass is 19.1. The van der Waals surface area contributed by atoms with Crippen molar-refractivity contribution in [1.82, 2.24) is 9.97 Å². The van der Waals surface area contributed by atoms with Crippen LogP contribution in [0.2, 0.25) is 0 Å². The minimum atomic E-state index is -0.199. The van der Waals surface area contributed by atoms with Crippen LogP contribution in [0.3, 0.4) is 0 Å². The predicted molar refractivity (Wildman–Crippen MR) is 91.4 cm³/mol. The molecule has 0 spiro atoms. The molecule has 0 saturated carbocycles. The lowest BCUT2D eigenvalue weighted by atomic mass is 10.1. The topological polar surface area (TPSA) is 41.1 Å². The van der Waals surface area contributed by atoms with Gasteiger partial charge in [-0.3, -0.25) is 0 Å². The van der Waals surface area contributed by atoms with Crippen molar-refractivity contribution in [2.45, 2.75) is 32.6 Å². The molecular formula is C18H23FN4. The number of benzene rings is 1. The number of anilines is 2. The maximum Gasteiger partial charge on any atom is 0.224 e. The molecule has 3 rings (SSSR count). The van der Waals surface area contributed by atoms with Crippen LogP contribution < -0.4 is 10.2 Å². The minimum Gasteiger partial charge on any atom is -0.356 e. The lowest BCUT2D eigenvalue weighted by Gasteiger charge is -2.28. The standard InChI is InChI=1S/C18H23FN4/c1-14-13-17(23-11-3-2-4-12-23)22-18(21-14)20-10-9-15-5-7-16(19)8-6-15/h5-8,13H,2-4,9-12H2,1H3,(H,20,21,22). The Morgan fingerprint density at radius 3 is 2.57 bits per heavy atom. The average molecular weight is 314 g/mol. The van der Waals surface area contributed by atoms with E-state index in [1.807, 2.05) is 19.1 Å². The molecule has 23 heavy (non-hydrogen) atoms. The number of halogens is 1. The highest BCUT2D eigenvalue weighted by molar-refractivity contribution is 5.45. The molecule has 1 aliphatic rings. The van der Waals surface area contributed by atoms with Crippen LogP contribution in [-0.4, -0.2) is 29.6 Å². The normalized spacial score (nSPS) is 14.8. The molecule has 122 valence electrons. The SMILES string of the molecule is Cc1cc(N2CCCCC2)nc(NCCc2ccc(F)cc2)n1. The first-order valence-corrected chi connectivity index (χ1v) is 8.30. The summed E-state index contributed by atoms with van der Waals surface area (Å²) in [4.78, 5) is 11.4. The second-order valence-corrected chi connectivity index (χ2v) is 6.04. The molecule has 0 atom stereocenters. The van der Waals surface area contributed by atoms with Crippen molar-refractivity contribution in [1.29, 1.82) is 0 Å². The molecule has 1 N–H and O–H groups in total. The minimum absolute atomic E-state index is 0.199. The summed E-state index contributed by atoms with van der Waals surface area (Å²) in [5.74, 6) is 1.49. The summed E-state index contributed by atoms with van der Waals surface area (Å²) in [6.45, 7) is 4.88. The van der Waals surface area contributed by atoms with Gasteiger partial charge in [0.05, 0.1) is 0 Å². The zero-order valence-electron chi connectivity index (χ0n) is 13.6. The number of nitrogens with one attached hydrogen (secondary N) is 1. The maximum atomic E-state index is 12.9. The molecule has 1 aromatic carbocycles. The van der Waals surface area contributed by atoms with Crippen molar-refractivity contribution >= 4 is 11.8 Å². The van der Waals surface area contributed by atoms with Gasteiger partial charge < -0.3 is 10.2 Å². The Morgan fingerprint density at radius 1 is 1.09 bits per heavy atom. The van der Waals surface area contributed by atoms with Gasteiger partial charge in [0.25, 0.3) is 0 Å². The molecule has 2 aromatic rings. The van der Waals surface area contributed by atoms with Gasteiger partial charge in [-0.25, -0.2) is 9.37 Å². The molecule has 0 aliphatic carbocycles. The molecule has 0 unspecified atom stereocenters. The van der Waals surface area contributed by atoms with Gasteiger partial charge in [0.15, 0.2) is 0 Å². The first-order chi connectivity index (χ1) is 11.2. The quantitative estimate of drug-likeness (QED) is 0.916. The fraction of sp³-hybridized carbons (Fsp3) is 0.444. The number of rotatable bonds is 5. The van der Waals surface area contributed by atoms with Gasteiger partial charge in [-0.2, -0.15) is 4.98 Å². The second kappa shape index (κ2) is 7.40. The largest absolute Gasteiger partial charge is 0.356 e.